The Morgan fingerprint density at radius 2 is 2.05 bits per heavy atom. The van der Waals surface area contributed by atoms with Crippen molar-refractivity contribution >= 4 is 12.6 Å². The van der Waals surface area contributed by atoms with Gasteiger partial charge in [-0.15, -0.1) is 0 Å². The van der Waals surface area contributed by atoms with Gasteiger partial charge >= 0.3 is 0 Å². The van der Waals surface area contributed by atoms with Gasteiger partial charge in [-0.05, 0) is 25.6 Å². The second-order valence-corrected chi connectivity index (χ2v) is 4.48. The molecular formula is C17H23N3. The lowest BCUT2D eigenvalue weighted by atomic mass is 10.1. The van der Waals surface area contributed by atoms with Crippen LogP contribution in [-0.4, -0.2) is 24.5 Å². The molecule has 0 saturated carbocycles. The molecule has 0 heterocycles. The molecule has 0 spiro atoms. The van der Waals surface area contributed by atoms with Crippen LogP contribution in [0.1, 0.15) is 32.0 Å². The lowest BCUT2D eigenvalue weighted by Crippen LogP contribution is -2.30. The monoisotopic (exact) mass is 269 g/mol. The minimum absolute atomic E-state index is 0.242. The van der Waals surface area contributed by atoms with Crippen molar-refractivity contribution in [3.63, 3.8) is 0 Å². The molecular weight excluding hydrogens is 246 g/mol. The van der Waals surface area contributed by atoms with Crippen LogP contribution in [0, 0.1) is 5.41 Å². The summed E-state index contributed by atoms with van der Waals surface area (Å²) in [4.78, 5) is 5.99. The number of hydrogen-bond acceptors (Lipinski definition) is 2. The highest BCUT2D eigenvalue weighted by Crippen LogP contribution is 2.22. The Morgan fingerprint density at radius 3 is 2.55 bits per heavy atom. The van der Waals surface area contributed by atoms with Crippen molar-refractivity contribution in [3.8, 4) is 0 Å². The number of likely N-dealkylation sites (N-methyl/N-ethyl adjacent to an activating group) is 1. The average Bonchev–Trinajstić information content (AvgIpc) is 2.49. The maximum Gasteiger partial charge on any atom is 0.147 e. The van der Waals surface area contributed by atoms with Crippen molar-refractivity contribution in [2.24, 2.45) is 4.99 Å². The predicted octanol–water partition coefficient (Wildman–Crippen LogP) is 4.21. The van der Waals surface area contributed by atoms with E-state index >= 15 is 0 Å². The molecule has 1 N–H and O–H groups in total. The molecule has 0 aromatic heterocycles. The molecule has 0 aliphatic carbocycles. The molecule has 1 aromatic rings. The molecule has 1 aromatic carbocycles. The first-order chi connectivity index (χ1) is 9.65. The van der Waals surface area contributed by atoms with Crippen LogP contribution in [0.5, 0.6) is 0 Å². The molecule has 20 heavy (non-hydrogen) atoms. The lowest BCUT2D eigenvalue weighted by Gasteiger charge is -2.27. The average molecular weight is 269 g/mol. The van der Waals surface area contributed by atoms with Crippen molar-refractivity contribution in [1.82, 2.24) is 4.90 Å². The summed E-state index contributed by atoms with van der Waals surface area (Å²) in [5.74, 6) is 0.443. The van der Waals surface area contributed by atoms with Crippen LogP contribution in [0.15, 0.2) is 59.1 Å². The first-order valence-electron chi connectivity index (χ1n) is 6.81. The molecule has 0 radical (unpaired) electrons. The highest BCUT2D eigenvalue weighted by atomic mass is 15.2. The van der Waals surface area contributed by atoms with Gasteiger partial charge in [0.1, 0.15) is 12.0 Å². The number of nitrogens with one attached hydrogen (secondary N) is 1. The van der Waals surface area contributed by atoms with Crippen molar-refractivity contribution < 1.29 is 0 Å². The fourth-order valence-corrected chi connectivity index (χ4v) is 1.96. The maximum atomic E-state index is 8.33. The van der Waals surface area contributed by atoms with Gasteiger partial charge in [-0.1, -0.05) is 55.5 Å². The number of benzene rings is 1. The van der Waals surface area contributed by atoms with E-state index in [1.54, 1.807) is 0 Å². The van der Waals surface area contributed by atoms with Crippen LogP contribution >= 0.6 is 0 Å². The Labute approximate surface area is 121 Å². The van der Waals surface area contributed by atoms with Crippen molar-refractivity contribution in [2.75, 3.05) is 7.05 Å². The topological polar surface area (TPSA) is 39.5 Å². The second kappa shape index (κ2) is 8.10. The SMILES string of the molecule is C=NC(c1ccccc1)N(C)C(=N)C(/C=C\CC)=C/C. The van der Waals surface area contributed by atoms with Crippen LogP contribution in [-0.2, 0) is 0 Å². The van der Waals surface area contributed by atoms with Gasteiger partial charge in [0.05, 0.1) is 0 Å². The van der Waals surface area contributed by atoms with Gasteiger partial charge in [-0.3, -0.25) is 10.4 Å². The lowest BCUT2D eigenvalue weighted by molar-refractivity contribution is 0.388. The largest absolute Gasteiger partial charge is 0.334 e. The van der Waals surface area contributed by atoms with E-state index in [-0.39, 0.29) is 6.17 Å². The van der Waals surface area contributed by atoms with Crippen LogP contribution in [0.2, 0.25) is 0 Å². The number of rotatable bonds is 6. The fourth-order valence-electron chi connectivity index (χ4n) is 1.96. The molecule has 3 heteroatoms. The normalized spacial score (nSPS) is 13.2. The maximum absolute atomic E-state index is 8.33. The fraction of sp³-hybridized carbons (Fsp3) is 0.294. The number of amidine groups is 1. The van der Waals surface area contributed by atoms with Crippen LogP contribution < -0.4 is 0 Å². The third-order valence-electron chi connectivity index (χ3n) is 3.11. The van der Waals surface area contributed by atoms with E-state index in [0.29, 0.717) is 5.84 Å². The summed E-state index contributed by atoms with van der Waals surface area (Å²) < 4.78 is 0. The Bertz CT molecular complexity index is 500. The third kappa shape index (κ3) is 3.92. The predicted molar refractivity (Wildman–Crippen MR) is 87.4 cm³/mol. The van der Waals surface area contributed by atoms with Gasteiger partial charge in [0, 0.05) is 12.6 Å². The molecule has 3 nitrogen and oxygen atoms in total. The smallest absolute Gasteiger partial charge is 0.147 e. The molecule has 0 amide bonds. The van der Waals surface area contributed by atoms with Crippen LogP contribution in [0.25, 0.3) is 0 Å². The Balaban J connectivity index is 2.97. The first kappa shape index (κ1) is 15.9. The van der Waals surface area contributed by atoms with E-state index in [1.807, 2.05) is 61.4 Å². The summed E-state index contributed by atoms with van der Waals surface area (Å²) in [6.07, 6.45) is 6.68. The zero-order valence-corrected chi connectivity index (χ0v) is 12.5. The number of hydrogen-bond donors (Lipinski definition) is 1. The summed E-state index contributed by atoms with van der Waals surface area (Å²) in [5.41, 5.74) is 1.92. The quantitative estimate of drug-likeness (QED) is 0.469. The summed E-state index contributed by atoms with van der Waals surface area (Å²) in [5, 5.41) is 8.33. The molecule has 0 aliphatic heterocycles. The van der Waals surface area contributed by atoms with Crippen LogP contribution in [0.3, 0.4) is 0 Å². The minimum atomic E-state index is -0.242. The molecule has 0 aliphatic rings. The number of aliphatic imine (C=N–C) groups is 1. The molecule has 0 bridgehead atoms. The van der Waals surface area contributed by atoms with E-state index in [1.165, 1.54) is 0 Å². The van der Waals surface area contributed by atoms with E-state index in [9.17, 15) is 0 Å². The van der Waals surface area contributed by atoms with E-state index in [4.69, 9.17) is 5.41 Å². The molecule has 1 atom stereocenters. The minimum Gasteiger partial charge on any atom is -0.334 e. The van der Waals surface area contributed by atoms with E-state index in [2.05, 4.69) is 24.7 Å². The second-order valence-electron chi connectivity index (χ2n) is 4.48. The summed E-state index contributed by atoms with van der Waals surface area (Å²) >= 11 is 0. The van der Waals surface area contributed by atoms with Gasteiger partial charge in [0.25, 0.3) is 0 Å². The van der Waals surface area contributed by atoms with Gasteiger partial charge in [0.15, 0.2) is 0 Å². The number of nitrogens with zero attached hydrogens (tertiary/aromatic N) is 2. The Hall–Kier alpha value is -2.16. The third-order valence-corrected chi connectivity index (χ3v) is 3.11. The highest BCUT2D eigenvalue weighted by molar-refractivity contribution is 5.98. The molecule has 0 fully saturated rings. The first-order valence-corrected chi connectivity index (χ1v) is 6.81. The van der Waals surface area contributed by atoms with Gasteiger partial charge in [-0.25, -0.2) is 0 Å². The van der Waals surface area contributed by atoms with Crippen LogP contribution in [0.4, 0.5) is 0 Å². The van der Waals surface area contributed by atoms with Gasteiger partial charge < -0.3 is 4.90 Å². The Morgan fingerprint density at radius 1 is 1.40 bits per heavy atom. The molecule has 1 unspecified atom stereocenters. The summed E-state index contributed by atoms with van der Waals surface area (Å²) in [6, 6.07) is 9.91. The number of allylic oxidation sites excluding steroid dienone is 2. The zero-order chi connectivity index (χ0) is 15.0. The van der Waals surface area contributed by atoms with Crippen molar-refractivity contribution in [3.05, 3.63) is 59.7 Å². The summed E-state index contributed by atoms with van der Waals surface area (Å²) in [6.45, 7) is 7.68. The standard InChI is InChI=1S/C17H23N3/c1-5-7-11-14(6-2)16(18)20(4)17(19-3)15-12-9-8-10-13-15/h6-13,17-18H,3,5H2,1-2,4H3/b11-7-,14-6+,18-16?. The van der Waals surface area contributed by atoms with E-state index < -0.39 is 0 Å². The van der Waals surface area contributed by atoms with Crippen molar-refractivity contribution in [1.29, 1.82) is 5.41 Å². The molecule has 106 valence electrons. The highest BCUT2D eigenvalue weighted by Gasteiger charge is 2.18. The summed E-state index contributed by atoms with van der Waals surface area (Å²) in [7, 11) is 1.87. The van der Waals surface area contributed by atoms with Gasteiger partial charge in [-0.2, -0.15) is 0 Å². The zero-order valence-electron chi connectivity index (χ0n) is 12.5. The molecule has 1 rings (SSSR count). The van der Waals surface area contributed by atoms with Gasteiger partial charge in [0.2, 0.25) is 0 Å². The van der Waals surface area contributed by atoms with E-state index in [0.717, 1.165) is 17.6 Å². The molecule has 0 saturated heterocycles. The Kier molecular flexibility index (Phi) is 6.44. The van der Waals surface area contributed by atoms with Crippen molar-refractivity contribution in [2.45, 2.75) is 26.4 Å².